The molecule has 0 atom stereocenters. The highest BCUT2D eigenvalue weighted by Crippen LogP contribution is 2.16. The van der Waals surface area contributed by atoms with Gasteiger partial charge in [-0.1, -0.05) is 18.2 Å². The molecule has 0 unspecified atom stereocenters. The van der Waals surface area contributed by atoms with E-state index >= 15 is 0 Å². The van der Waals surface area contributed by atoms with Crippen molar-refractivity contribution in [3.63, 3.8) is 0 Å². The summed E-state index contributed by atoms with van der Waals surface area (Å²) in [5.74, 6) is 0. The molecule has 0 fully saturated rings. The van der Waals surface area contributed by atoms with Gasteiger partial charge in [0.2, 0.25) is 0 Å². The van der Waals surface area contributed by atoms with Crippen molar-refractivity contribution < 1.29 is 5.11 Å². The molecule has 0 saturated heterocycles. The first-order valence-electron chi connectivity index (χ1n) is 4.18. The molecule has 0 aliphatic heterocycles. The van der Waals surface area contributed by atoms with Crippen LogP contribution in [0.1, 0.15) is 12.5 Å². The number of aliphatic hydroxyl groups excluding tert-OH is 1. The summed E-state index contributed by atoms with van der Waals surface area (Å²) in [4.78, 5) is 1.26. The van der Waals surface area contributed by atoms with E-state index in [9.17, 15) is 0 Å². The molecule has 0 aliphatic rings. The lowest BCUT2D eigenvalue weighted by molar-refractivity contribution is 0.332. The zero-order valence-corrected chi connectivity index (χ0v) is 8.77. The van der Waals surface area contributed by atoms with E-state index in [1.54, 1.807) is 11.8 Å². The van der Waals surface area contributed by atoms with Gasteiger partial charge in [-0.25, -0.2) is 0 Å². The van der Waals surface area contributed by atoms with Gasteiger partial charge < -0.3 is 5.11 Å². The van der Waals surface area contributed by atoms with E-state index in [0.717, 1.165) is 11.1 Å². The van der Waals surface area contributed by atoms with Gasteiger partial charge in [0.25, 0.3) is 0 Å². The van der Waals surface area contributed by atoms with Gasteiger partial charge >= 0.3 is 0 Å². The Kier molecular flexibility index (Phi) is 4.06. The zero-order chi connectivity index (χ0) is 9.68. The Hall–Kier alpha value is -0.730. The predicted octanol–water partition coefficient (Wildman–Crippen LogP) is 2.80. The molecule has 1 N–H and O–H groups in total. The van der Waals surface area contributed by atoms with Gasteiger partial charge in [-0.3, -0.25) is 0 Å². The molecular weight excluding hydrogens is 180 g/mol. The fourth-order valence-electron chi connectivity index (χ4n) is 1.03. The van der Waals surface area contributed by atoms with Crippen LogP contribution in [0.25, 0.3) is 6.08 Å². The van der Waals surface area contributed by atoms with Crippen LogP contribution in [-0.2, 0) is 0 Å². The fourth-order valence-corrected chi connectivity index (χ4v) is 1.44. The van der Waals surface area contributed by atoms with E-state index in [-0.39, 0.29) is 6.61 Å². The molecule has 1 nitrogen and oxygen atoms in total. The molecule has 0 aromatic heterocycles. The number of rotatable bonds is 3. The normalized spacial score (nSPS) is 11.8. The average molecular weight is 194 g/mol. The zero-order valence-electron chi connectivity index (χ0n) is 7.95. The lowest BCUT2D eigenvalue weighted by Crippen LogP contribution is -1.83. The summed E-state index contributed by atoms with van der Waals surface area (Å²) >= 11 is 1.73. The maximum atomic E-state index is 8.82. The van der Waals surface area contributed by atoms with Gasteiger partial charge in [-0.05, 0) is 36.4 Å². The summed E-state index contributed by atoms with van der Waals surface area (Å²) < 4.78 is 0. The molecule has 70 valence electrons. The van der Waals surface area contributed by atoms with Crippen molar-refractivity contribution in [2.24, 2.45) is 0 Å². The molecule has 0 heterocycles. The smallest absolute Gasteiger partial charge is 0.0642 e. The van der Waals surface area contributed by atoms with Crippen molar-refractivity contribution in [2.75, 3.05) is 12.9 Å². The van der Waals surface area contributed by atoms with Crippen LogP contribution in [0.4, 0.5) is 0 Å². The van der Waals surface area contributed by atoms with E-state index in [0.29, 0.717) is 0 Å². The monoisotopic (exact) mass is 194 g/mol. The van der Waals surface area contributed by atoms with Gasteiger partial charge in [-0.15, -0.1) is 11.8 Å². The minimum atomic E-state index is 0.129. The number of hydrogen-bond acceptors (Lipinski definition) is 2. The summed E-state index contributed by atoms with van der Waals surface area (Å²) in [5.41, 5.74) is 2.13. The van der Waals surface area contributed by atoms with Crippen LogP contribution >= 0.6 is 11.8 Å². The Morgan fingerprint density at radius 3 is 2.46 bits per heavy atom. The quantitative estimate of drug-likeness (QED) is 0.747. The van der Waals surface area contributed by atoms with Crippen LogP contribution < -0.4 is 0 Å². The predicted molar refractivity (Wildman–Crippen MR) is 59.0 cm³/mol. The molecule has 0 radical (unpaired) electrons. The van der Waals surface area contributed by atoms with Crippen LogP contribution in [0.3, 0.4) is 0 Å². The highest BCUT2D eigenvalue weighted by Gasteiger charge is 1.91. The molecule has 0 amide bonds. The lowest BCUT2D eigenvalue weighted by Gasteiger charge is -1.98. The molecule has 1 aromatic rings. The Balaban J connectivity index is 2.80. The Bertz CT molecular complexity index is 287. The largest absolute Gasteiger partial charge is 0.392 e. The van der Waals surface area contributed by atoms with Crippen molar-refractivity contribution in [1.29, 1.82) is 0 Å². The first-order chi connectivity index (χ1) is 6.26. The van der Waals surface area contributed by atoms with Crippen LogP contribution in [-0.4, -0.2) is 18.0 Å². The first kappa shape index (κ1) is 10.4. The molecule has 0 spiro atoms. The molecule has 2 heteroatoms. The summed E-state index contributed by atoms with van der Waals surface area (Å²) in [5, 5.41) is 8.82. The molecule has 0 saturated carbocycles. The number of thioether (sulfide) groups is 1. The molecule has 0 bridgehead atoms. The van der Waals surface area contributed by atoms with Crippen molar-refractivity contribution in [3.05, 3.63) is 35.4 Å². The maximum absolute atomic E-state index is 8.82. The minimum absolute atomic E-state index is 0.129. The van der Waals surface area contributed by atoms with E-state index in [2.05, 4.69) is 30.5 Å². The van der Waals surface area contributed by atoms with Crippen molar-refractivity contribution in [2.45, 2.75) is 11.8 Å². The second kappa shape index (κ2) is 5.10. The van der Waals surface area contributed by atoms with Gasteiger partial charge in [0.1, 0.15) is 0 Å². The van der Waals surface area contributed by atoms with Crippen LogP contribution in [0.5, 0.6) is 0 Å². The van der Waals surface area contributed by atoms with Gasteiger partial charge in [0.05, 0.1) is 6.61 Å². The fraction of sp³-hybridized carbons (Fsp3) is 0.273. The van der Waals surface area contributed by atoms with Gasteiger partial charge in [0, 0.05) is 4.90 Å². The molecular formula is C11H14OS. The number of benzene rings is 1. The van der Waals surface area contributed by atoms with Gasteiger partial charge in [0.15, 0.2) is 0 Å². The third-order valence-electron chi connectivity index (χ3n) is 1.78. The van der Waals surface area contributed by atoms with Crippen LogP contribution in [0.2, 0.25) is 0 Å². The minimum Gasteiger partial charge on any atom is -0.392 e. The summed E-state index contributed by atoms with van der Waals surface area (Å²) in [6, 6.07) is 8.29. The van der Waals surface area contributed by atoms with Crippen molar-refractivity contribution in [3.8, 4) is 0 Å². The van der Waals surface area contributed by atoms with Crippen LogP contribution in [0, 0.1) is 0 Å². The molecule has 0 aliphatic carbocycles. The maximum Gasteiger partial charge on any atom is 0.0642 e. The number of hydrogen-bond donors (Lipinski definition) is 1. The lowest BCUT2D eigenvalue weighted by atomic mass is 10.1. The highest BCUT2D eigenvalue weighted by molar-refractivity contribution is 7.98. The second-order valence-corrected chi connectivity index (χ2v) is 3.80. The standard InChI is InChI=1S/C11H14OS/c1-9(8-12)7-10-3-5-11(13-2)6-4-10/h3-7,12H,8H2,1-2H3/b9-7+. The second-order valence-electron chi connectivity index (χ2n) is 2.92. The molecule has 13 heavy (non-hydrogen) atoms. The Labute approximate surface area is 83.5 Å². The summed E-state index contributed by atoms with van der Waals surface area (Å²) in [6.45, 7) is 2.05. The number of aliphatic hydroxyl groups is 1. The average Bonchev–Trinajstić information content (AvgIpc) is 2.19. The molecule has 1 rings (SSSR count). The summed E-state index contributed by atoms with van der Waals surface area (Å²) in [6.07, 6.45) is 4.05. The topological polar surface area (TPSA) is 20.2 Å². The van der Waals surface area contributed by atoms with E-state index in [1.165, 1.54) is 4.90 Å². The van der Waals surface area contributed by atoms with E-state index in [4.69, 9.17) is 5.11 Å². The Morgan fingerprint density at radius 1 is 1.38 bits per heavy atom. The van der Waals surface area contributed by atoms with E-state index in [1.807, 2.05) is 13.0 Å². The first-order valence-corrected chi connectivity index (χ1v) is 5.41. The van der Waals surface area contributed by atoms with Crippen molar-refractivity contribution >= 4 is 17.8 Å². The highest BCUT2D eigenvalue weighted by atomic mass is 32.2. The third-order valence-corrected chi connectivity index (χ3v) is 2.52. The van der Waals surface area contributed by atoms with Crippen molar-refractivity contribution in [1.82, 2.24) is 0 Å². The molecule has 1 aromatic carbocycles. The Morgan fingerprint density at radius 2 is 2.00 bits per heavy atom. The van der Waals surface area contributed by atoms with Gasteiger partial charge in [-0.2, -0.15) is 0 Å². The summed E-state index contributed by atoms with van der Waals surface area (Å²) in [7, 11) is 0. The van der Waals surface area contributed by atoms with E-state index < -0.39 is 0 Å². The van der Waals surface area contributed by atoms with Crippen LogP contribution in [0.15, 0.2) is 34.7 Å². The SMILES string of the molecule is CSc1ccc(/C=C(\C)CO)cc1. The third kappa shape index (κ3) is 3.25.